The quantitative estimate of drug-likeness (QED) is 0.772. The first-order valence-corrected chi connectivity index (χ1v) is 7.15. The first kappa shape index (κ1) is 15.3. The number of carbonyl (C=O) groups is 1. The van der Waals surface area contributed by atoms with Crippen LogP contribution in [-0.2, 0) is 16.0 Å². The van der Waals surface area contributed by atoms with Gasteiger partial charge in [-0.3, -0.25) is 9.78 Å². The third-order valence-corrected chi connectivity index (χ3v) is 3.67. The van der Waals surface area contributed by atoms with E-state index in [4.69, 9.17) is 4.74 Å². The number of ketones is 1. The minimum absolute atomic E-state index is 0.115. The Morgan fingerprint density at radius 2 is 2.00 bits per heavy atom. The Balaban J connectivity index is 2.81. The minimum Gasteiger partial charge on any atom is -0.368 e. The molecule has 0 bridgehead atoms. The van der Waals surface area contributed by atoms with Crippen molar-refractivity contribution in [2.45, 2.75) is 45.6 Å². The van der Waals surface area contributed by atoms with E-state index in [-0.39, 0.29) is 5.78 Å². The first-order valence-electron chi connectivity index (χ1n) is 6.35. The van der Waals surface area contributed by atoms with Gasteiger partial charge in [-0.25, -0.2) is 0 Å². The number of rotatable bonds is 7. The average Bonchev–Trinajstić information content (AvgIpc) is 2.38. The summed E-state index contributed by atoms with van der Waals surface area (Å²) in [5.41, 5.74) is 0.137. The van der Waals surface area contributed by atoms with Crippen molar-refractivity contribution in [3.63, 3.8) is 0 Å². The Morgan fingerprint density at radius 1 is 1.33 bits per heavy atom. The van der Waals surface area contributed by atoms with E-state index in [2.05, 4.69) is 20.9 Å². The molecule has 0 aromatic carbocycles. The molecular weight excluding hydrogens is 294 g/mol. The van der Waals surface area contributed by atoms with Crippen LogP contribution in [0.15, 0.2) is 22.8 Å². The van der Waals surface area contributed by atoms with Gasteiger partial charge in [0.05, 0.1) is 6.42 Å². The number of aromatic nitrogens is 1. The Bertz CT molecular complexity index is 385. The molecule has 0 aliphatic carbocycles. The van der Waals surface area contributed by atoms with Gasteiger partial charge in [0.15, 0.2) is 5.78 Å². The number of hydrogen-bond acceptors (Lipinski definition) is 3. The third-order valence-electron chi connectivity index (χ3n) is 3.20. The molecule has 0 saturated carbocycles. The average molecular weight is 314 g/mol. The van der Waals surface area contributed by atoms with Crippen LogP contribution >= 0.6 is 15.9 Å². The normalized spacial score (nSPS) is 11.6. The second-order valence-electron chi connectivity index (χ2n) is 4.20. The fourth-order valence-corrected chi connectivity index (χ4v) is 2.28. The highest BCUT2D eigenvalue weighted by atomic mass is 79.9. The molecule has 0 aliphatic heterocycles. The maximum absolute atomic E-state index is 12.4. The summed E-state index contributed by atoms with van der Waals surface area (Å²) in [5.74, 6) is 0.115. The Kier molecular flexibility index (Phi) is 5.96. The lowest BCUT2D eigenvalue weighted by molar-refractivity contribution is -0.144. The van der Waals surface area contributed by atoms with Crippen LogP contribution in [0.2, 0.25) is 0 Å². The van der Waals surface area contributed by atoms with Crippen LogP contribution in [0.1, 0.15) is 39.3 Å². The molecule has 100 valence electrons. The van der Waals surface area contributed by atoms with E-state index in [0.717, 1.165) is 10.2 Å². The van der Waals surface area contributed by atoms with Crippen molar-refractivity contribution in [1.29, 1.82) is 0 Å². The van der Waals surface area contributed by atoms with Crippen molar-refractivity contribution < 1.29 is 9.53 Å². The lowest BCUT2D eigenvalue weighted by Crippen LogP contribution is -2.41. The molecule has 0 fully saturated rings. The highest BCUT2D eigenvalue weighted by Crippen LogP contribution is 2.23. The van der Waals surface area contributed by atoms with Crippen molar-refractivity contribution >= 4 is 21.7 Å². The van der Waals surface area contributed by atoms with Crippen molar-refractivity contribution in [2.75, 3.05) is 6.61 Å². The minimum atomic E-state index is -0.649. The van der Waals surface area contributed by atoms with E-state index in [1.165, 1.54) is 0 Å². The largest absolute Gasteiger partial charge is 0.368 e. The number of pyridine rings is 1. The summed E-state index contributed by atoms with van der Waals surface area (Å²) in [6.45, 7) is 6.46. The number of carbonyl (C=O) groups excluding carboxylic acids is 1. The zero-order valence-corrected chi connectivity index (χ0v) is 12.8. The van der Waals surface area contributed by atoms with Crippen LogP contribution in [0.3, 0.4) is 0 Å². The van der Waals surface area contributed by atoms with Gasteiger partial charge in [-0.1, -0.05) is 13.8 Å². The van der Waals surface area contributed by atoms with Gasteiger partial charge in [0.2, 0.25) is 0 Å². The molecule has 0 saturated heterocycles. The summed E-state index contributed by atoms with van der Waals surface area (Å²) < 4.78 is 6.62. The molecule has 3 nitrogen and oxygen atoms in total. The lowest BCUT2D eigenvalue weighted by atomic mass is 9.89. The highest BCUT2D eigenvalue weighted by molar-refractivity contribution is 9.10. The van der Waals surface area contributed by atoms with E-state index in [9.17, 15) is 4.79 Å². The van der Waals surface area contributed by atoms with Crippen LogP contribution < -0.4 is 0 Å². The van der Waals surface area contributed by atoms with E-state index >= 15 is 0 Å². The van der Waals surface area contributed by atoms with E-state index in [0.29, 0.717) is 25.9 Å². The lowest BCUT2D eigenvalue weighted by Gasteiger charge is -2.29. The van der Waals surface area contributed by atoms with Gasteiger partial charge in [0, 0.05) is 23.0 Å². The van der Waals surface area contributed by atoms with Gasteiger partial charge >= 0.3 is 0 Å². The second kappa shape index (κ2) is 7.00. The zero-order valence-electron chi connectivity index (χ0n) is 11.2. The number of Topliss-reactive ketones (excluding diaryl/α,β-unsaturated/α-hetero) is 1. The fourth-order valence-electron chi connectivity index (χ4n) is 2.04. The molecule has 1 aromatic heterocycles. The summed E-state index contributed by atoms with van der Waals surface area (Å²) in [4.78, 5) is 16.6. The molecule has 4 heteroatoms. The zero-order chi connectivity index (χ0) is 13.6. The molecule has 1 heterocycles. The van der Waals surface area contributed by atoms with Crippen molar-refractivity contribution in [2.24, 2.45) is 0 Å². The number of nitrogens with zero attached hydrogens (tertiary/aromatic N) is 1. The van der Waals surface area contributed by atoms with Crippen LogP contribution in [-0.4, -0.2) is 23.0 Å². The van der Waals surface area contributed by atoms with Gasteiger partial charge in [-0.2, -0.15) is 0 Å². The SMILES string of the molecule is CCOC(CC)(CC)C(=O)Cc1ccc(Br)cn1. The number of halogens is 1. The van der Waals surface area contributed by atoms with Crippen molar-refractivity contribution in [3.05, 3.63) is 28.5 Å². The molecule has 1 aromatic rings. The van der Waals surface area contributed by atoms with E-state index in [1.54, 1.807) is 6.20 Å². The van der Waals surface area contributed by atoms with E-state index in [1.807, 2.05) is 32.9 Å². The Morgan fingerprint density at radius 3 is 2.44 bits per heavy atom. The molecule has 18 heavy (non-hydrogen) atoms. The van der Waals surface area contributed by atoms with E-state index < -0.39 is 5.60 Å². The molecule has 0 atom stereocenters. The highest BCUT2D eigenvalue weighted by Gasteiger charge is 2.35. The van der Waals surface area contributed by atoms with Crippen LogP contribution in [0.25, 0.3) is 0 Å². The Hall–Kier alpha value is -0.740. The third kappa shape index (κ3) is 3.62. The van der Waals surface area contributed by atoms with Gasteiger partial charge in [-0.05, 0) is 47.8 Å². The second-order valence-corrected chi connectivity index (χ2v) is 5.12. The van der Waals surface area contributed by atoms with Crippen LogP contribution in [0, 0.1) is 0 Å². The van der Waals surface area contributed by atoms with Crippen LogP contribution in [0.5, 0.6) is 0 Å². The van der Waals surface area contributed by atoms with Crippen molar-refractivity contribution in [1.82, 2.24) is 4.98 Å². The van der Waals surface area contributed by atoms with Gasteiger partial charge in [0.25, 0.3) is 0 Å². The van der Waals surface area contributed by atoms with Gasteiger partial charge in [0.1, 0.15) is 5.60 Å². The van der Waals surface area contributed by atoms with Crippen LogP contribution in [0.4, 0.5) is 0 Å². The first-order chi connectivity index (χ1) is 8.57. The smallest absolute Gasteiger partial charge is 0.170 e. The summed E-state index contributed by atoms with van der Waals surface area (Å²) >= 11 is 3.33. The van der Waals surface area contributed by atoms with Gasteiger partial charge in [-0.15, -0.1) is 0 Å². The summed E-state index contributed by atoms with van der Waals surface area (Å²) in [6, 6.07) is 3.76. The van der Waals surface area contributed by atoms with Crippen molar-refractivity contribution in [3.8, 4) is 0 Å². The summed E-state index contributed by atoms with van der Waals surface area (Å²) in [6.07, 6.45) is 3.44. The maximum Gasteiger partial charge on any atom is 0.170 e. The number of ether oxygens (including phenoxy) is 1. The topological polar surface area (TPSA) is 39.2 Å². The molecule has 0 amide bonds. The molecular formula is C14H20BrNO2. The fraction of sp³-hybridized carbons (Fsp3) is 0.571. The Labute approximate surface area is 117 Å². The maximum atomic E-state index is 12.4. The molecule has 1 rings (SSSR count). The summed E-state index contributed by atoms with van der Waals surface area (Å²) in [7, 11) is 0. The standard InChI is InChI=1S/C14H20BrNO2/c1-4-14(5-2,18-6-3)13(17)9-12-8-7-11(15)10-16-12/h7-8,10H,4-6,9H2,1-3H3. The monoisotopic (exact) mass is 313 g/mol. The molecule has 0 unspecified atom stereocenters. The summed E-state index contributed by atoms with van der Waals surface area (Å²) in [5, 5.41) is 0. The number of hydrogen-bond donors (Lipinski definition) is 0. The molecule has 0 radical (unpaired) electrons. The molecule has 0 aliphatic rings. The predicted molar refractivity (Wildman–Crippen MR) is 75.6 cm³/mol. The molecule has 0 N–H and O–H groups in total. The molecule has 0 spiro atoms. The predicted octanol–water partition coefficient (Wildman–Crippen LogP) is 3.55. The van der Waals surface area contributed by atoms with Gasteiger partial charge < -0.3 is 4.74 Å².